The molecule has 0 aromatic carbocycles. The third kappa shape index (κ3) is 13.0. The standard InChI is InChI=1S/C6H15N.C3H7N/c1-3-5-7-6-4-2;4-3-1-2-3/h7H,3-6H2,1-2H3;3H,1-2,4H2. The minimum absolute atomic E-state index is 0.583. The summed E-state index contributed by atoms with van der Waals surface area (Å²) in [5.41, 5.74) is 5.22. The van der Waals surface area contributed by atoms with Gasteiger partial charge in [0.25, 0.3) is 0 Å². The highest BCUT2D eigenvalue weighted by Gasteiger charge is 2.13. The van der Waals surface area contributed by atoms with Crippen molar-refractivity contribution >= 4 is 0 Å². The second-order valence-corrected chi connectivity index (χ2v) is 3.09. The zero-order valence-corrected chi connectivity index (χ0v) is 7.90. The molecule has 1 fully saturated rings. The van der Waals surface area contributed by atoms with Crippen molar-refractivity contribution in [3.05, 3.63) is 0 Å². The van der Waals surface area contributed by atoms with Gasteiger partial charge < -0.3 is 11.1 Å². The first-order valence-corrected chi connectivity index (χ1v) is 4.77. The topological polar surface area (TPSA) is 38.0 Å². The second-order valence-electron chi connectivity index (χ2n) is 3.09. The predicted octanol–water partition coefficient (Wildman–Crippen LogP) is 1.50. The van der Waals surface area contributed by atoms with Gasteiger partial charge in [0.1, 0.15) is 0 Å². The zero-order valence-electron chi connectivity index (χ0n) is 7.90. The molecule has 1 rings (SSSR count). The summed E-state index contributed by atoms with van der Waals surface area (Å²) in [6.45, 7) is 6.72. The summed E-state index contributed by atoms with van der Waals surface area (Å²) in [5, 5.41) is 3.28. The molecule has 0 aromatic rings. The lowest BCUT2D eigenvalue weighted by atomic mass is 10.4. The SMILES string of the molecule is CCCNCCC.NC1CC1. The fraction of sp³-hybridized carbons (Fsp3) is 1.00. The first-order valence-electron chi connectivity index (χ1n) is 4.77. The van der Waals surface area contributed by atoms with E-state index >= 15 is 0 Å². The van der Waals surface area contributed by atoms with Gasteiger partial charge in [0, 0.05) is 6.04 Å². The van der Waals surface area contributed by atoms with E-state index in [0.717, 1.165) is 0 Å². The molecular weight excluding hydrogens is 136 g/mol. The van der Waals surface area contributed by atoms with Crippen LogP contribution in [0.15, 0.2) is 0 Å². The van der Waals surface area contributed by atoms with Gasteiger partial charge >= 0.3 is 0 Å². The van der Waals surface area contributed by atoms with E-state index in [0.29, 0.717) is 6.04 Å². The van der Waals surface area contributed by atoms with Crippen LogP contribution in [0.4, 0.5) is 0 Å². The summed E-state index contributed by atoms with van der Waals surface area (Å²) in [4.78, 5) is 0. The molecule has 1 saturated carbocycles. The van der Waals surface area contributed by atoms with Gasteiger partial charge in [-0.05, 0) is 38.8 Å². The van der Waals surface area contributed by atoms with Crippen molar-refractivity contribution in [2.24, 2.45) is 5.73 Å². The Morgan fingerprint density at radius 2 is 1.55 bits per heavy atom. The molecule has 1 aliphatic carbocycles. The van der Waals surface area contributed by atoms with Gasteiger partial charge in [0.05, 0.1) is 0 Å². The summed E-state index contributed by atoms with van der Waals surface area (Å²) in [7, 11) is 0. The molecule has 0 heterocycles. The molecule has 0 aliphatic heterocycles. The summed E-state index contributed by atoms with van der Waals surface area (Å²) in [5.74, 6) is 0. The van der Waals surface area contributed by atoms with Crippen LogP contribution in [0.1, 0.15) is 39.5 Å². The van der Waals surface area contributed by atoms with Crippen molar-refractivity contribution in [3.63, 3.8) is 0 Å². The van der Waals surface area contributed by atoms with Crippen LogP contribution in [-0.2, 0) is 0 Å². The van der Waals surface area contributed by atoms with Gasteiger partial charge in [-0.1, -0.05) is 13.8 Å². The smallest absolute Gasteiger partial charge is 0.00399 e. The van der Waals surface area contributed by atoms with Crippen LogP contribution in [0, 0.1) is 0 Å². The molecule has 0 bridgehead atoms. The van der Waals surface area contributed by atoms with Gasteiger partial charge in [-0.2, -0.15) is 0 Å². The van der Waals surface area contributed by atoms with Crippen molar-refractivity contribution < 1.29 is 0 Å². The molecule has 2 heteroatoms. The molecule has 0 unspecified atom stereocenters. The van der Waals surface area contributed by atoms with Crippen LogP contribution in [0.2, 0.25) is 0 Å². The summed E-state index contributed by atoms with van der Waals surface area (Å²) >= 11 is 0. The van der Waals surface area contributed by atoms with Crippen LogP contribution in [0.25, 0.3) is 0 Å². The minimum atomic E-state index is 0.583. The molecule has 3 N–H and O–H groups in total. The highest BCUT2D eigenvalue weighted by molar-refractivity contribution is 4.75. The van der Waals surface area contributed by atoms with Crippen molar-refractivity contribution in [2.75, 3.05) is 13.1 Å². The number of hydrogen-bond donors (Lipinski definition) is 2. The predicted molar refractivity (Wildman–Crippen MR) is 50.7 cm³/mol. The first-order chi connectivity index (χ1) is 5.31. The fourth-order valence-corrected chi connectivity index (χ4v) is 0.575. The Kier molecular flexibility index (Phi) is 7.96. The van der Waals surface area contributed by atoms with E-state index in [1.54, 1.807) is 0 Å². The minimum Gasteiger partial charge on any atom is -0.328 e. The van der Waals surface area contributed by atoms with Crippen molar-refractivity contribution in [3.8, 4) is 0 Å². The lowest BCUT2D eigenvalue weighted by Crippen LogP contribution is -2.14. The Morgan fingerprint density at radius 3 is 1.73 bits per heavy atom. The first kappa shape index (κ1) is 10.9. The normalized spacial score (nSPS) is 15.5. The average Bonchev–Trinajstić information content (AvgIpc) is 2.75. The maximum Gasteiger partial charge on any atom is 0.00399 e. The third-order valence-corrected chi connectivity index (χ3v) is 1.48. The van der Waals surface area contributed by atoms with Crippen LogP contribution in [0.3, 0.4) is 0 Å². The molecule has 68 valence electrons. The Hall–Kier alpha value is -0.0800. The Labute approximate surface area is 70.5 Å². The zero-order chi connectivity index (χ0) is 8.53. The average molecular weight is 158 g/mol. The largest absolute Gasteiger partial charge is 0.328 e. The van der Waals surface area contributed by atoms with Crippen molar-refractivity contribution in [2.45, 2.75) is 45.6 Å². The summed E-state index contributed by atoms with van der Waals surface area (Å²) in [6, 6.07) is 0.583. The molecule has 0 atom stereocenters. The summed E-state index contributed by atoms with van der Waals surface area (Å²) in [6.07, 6.45) is 5.03. The highest BCUT2D eigenvalue weighted by Crippen LogP contribution is 2.13. The lowest BCUT2D eigenvalue weighted by Gasteiger charge is -1.95. The second kappa shape index (κ2) is 8.02. The van der Waals surface area contributed by atoms with E-state index in [9.17, 15) is 0 Å². The molecule has 0 amide bonds. The quantitative estimate of drug-likeness (QED) is 0.609. The number of nitrogens with one attached hydrogen (secondary N) is 1. The molecule has 2 nitrogen and oxygen atoms in total. The molecule has 0 radical (unpaired) electrons. The molecule has 0 saturated heterocycles. The molecular formula is C9H22N2. The van der Waals surface area contributed by atoms with Crippen molar-refractivity contribution in [1.29, 1.82) is 0 Å². The number of hydrogen-bond acceptors (Lipinski definition) is 2. The van der Waals surface area contributed by atoms with E-state index in [1.807, 2.05) is 0 Å². The van der Waals surface area contributed by atoms with Gasteiger partial charge in [-0.3, -0.25) is 0 Å². The van der Waals surface area contributed by atoms with Crippen LogP contribution < -0.4 is 11.1 Å². The number of nitrogens with two attached hydrogens (primary N) is 1. The van der Waals surface area contributed by atoms with Crippen LogP contribution in [0.5, 0.6) is 0 Å². The van der Waals surface area contributed by atoms with E-state index in [1.165, 1.54) is 38.8 Å². The maximum absolute atomic E-state index is 5.22. The molecule has 1 aliphatic rings. The van der Waals surface area contributed by atoms with E-state index in [4.69, 9.17) is 5.73 Å². The molecule has 11 heavy (non-hydrogen) atoms. The number of rotatable bonds is 4. The molecule has 0 aromatic heterocycles. The van der Waals surface area contributed by atoms with E-state index < -0.39 is 0 Å². The summed E-state index contributed by atoms with van der Waals surface area (Å²) < 4.78 is 0. The molecule has 0 spiro atoms. The van der Waals surface area contributed by atoms with Gasteiger partial charge in [-0.25, -0.2) is 0 Å². The van der Waals surface area contributed by atoms with Gasteiger partial charge in [0.15, 0.2) is 0 Å². The highest BCUT2D eigenvalue weighted by atomic mass is 14.8. The monoisotopic (exact) mass is 158 g/mol. The fourth-order valence-electron chi connectivity index (χ4n) is 0.575. The third-order valence-electron chi connectivity index (χ3n) is 1.48. The Balaban J connectivity index is 0.000000207. The Morgan fingerprint density at radius 1 is 1.18 bits per heavy atom. The Bertz CT molecular complexity index is 66.0. The van der Waals surface area contributed by atoms with Crippen LogP contribution >= 0.6 is 0 Å². The van der Waals surface area contributed by atoms with Gasteiger partial charge in [-0.15, -0.1) is 0 Å². The van der Waals surface area contributed by atoms with Gasteiger partial charge in [0.2, 0.25) is 0 Å². The maximum atomic E-state index is 5.22. The van der Waals surface area contributed by atoms with Crippen molar-refractivity contribution in [1.82, 2.24) is 5.32 Å². The van der Waals surface area contributed by atoms with E-state index in [2.05, 4.69) is 19.2 Å². The van der Waals surface area contributed by atoms with Crippen LogP contribution in [-0.4, -0.2) is 19.1 Å². The lowest BCUT2D eigenvalue weighted by molar-refractivity contribution is 0.662. The van der Waals surface area contributed by atoms with E-state index in [-0.39, 0.29) is 0 Å².